The number of hydrogen-bond donors (Lipinski definition) is 1. The highest BCUT2D eigenvalue weighted by molar-refractivity contribution is 8.23. The lowest BCUT2D eigenvalue weighted by molar-refractivity contribution is -0.385. The van der Waals surface area contributed by atoms with Crippen LogP contribution in [-0.4, -0.2) is 64.3 Å². The number of non-ortho nitro benzene ring substituents is 2. The number of ether oxygens (including phenoxy) is 2. The van der Waals surface area contributed by atoms with E-state index in [9.17, 15) is 34.6 Å². The van der Waals surface area contributed by atoms with Gasteiger partial charge in [-0.1, -0.05) is 39.5 Å². The molecule has 2 aromatic rings. The number of alkyl carbamates (subject to hydrolysis) is 1. The van der Waals surface area contributed by atoms with E-state index in [4.69, 9.17) is 13.9 Å². The lowest BCUT2D eigenvalue weighted by Gasteiger charge is -2.48. The monoisotopic (exact) mass is 732 g/mol. The summed E-state index contributed by atoms with van der Waals surface area (Å²) in [5.41, 5.74) is 1.10. The van der Waals surface area contributed by atoms with Crippen molar-refractivity contribution >= 4 is 61.2 Å². The molecule has 17 heteroatoms. The molecular weight excluding hydrogens is 693 g/mol. The number of carbonyl (C=O) groups is 3. The first-order chi connectivity index (χ1) is 22.9. The number of nitrogens with one attached hydrogen (secondary N) is 1. The van der Waals surface area contributed by atoms with E-state index in [0.717, 1.165) is 0 Å². The van der Waals surface area contributed by atoms with E-state index in [0.29, 0.717) is 15.4 Å². The van der Waals surface area contributed by atoms with Crippen LogP contribution in [0.4, 0.5) is 16.2 Å². The predicted molar refractivity (Wildman–Crippen MR) is 188 cm³/mol. The molecule has 4 atom stereocenters. The third kappa shape index (κ3) is 9.00. The molecule has 2 amide bonds. The topological polar surface area (TPSA) is 180 Å². The standard InChI is InChI=1S/C32H40N4O10S2Si/c1-19(16-33-31(39)45-18-22-10-14-24(15-11-22)36(42)43)47-30-26(29(38)44-17-21-8-12-23(13-9-21)35(40)41)34-27(37)25(28(34)48-30)20(2)46-49(6,7)32(3,4)5/h8-15,19-20,25,28H,16-18H2,1-7H3,(H,33,39)/t19-,20-,25+,28-/m1/s1. The summed E-state index contributed by atoms with van der Waals surface area (Å²) >= 11 is 2.70. The van der Waals surface area contributed by atoms with Gasteiger partial charge in [0, 0.05) is 36.1 Å². The zero-order valence-corrected chi connectivity index (χ0v) is 30.9. The van der Waals surface area contributed by atoms with Crippen LogP contribution < -0.4 is 5.32 Å². The number of amides is 2. The van der Waals surface area contributed by atoms with Crippen molar-refractivity contribution in [1.29, 1.82) is 0 Å². The van der Waals surface area contributed by atoms with E-state index in [2.05, 4.69) is 39.2 Å². The van der Waals surface area contributed by atoms with Crippen LogP contribution >= 0.6 is 23.5 Å². The van der Waals surface area contributed by atoms with Crippen molar-refractivity contribution in [1.82, 2.24) is 10.2 Å². The van der Waals surface area contributed by atoms with Gasteiger partial charge in [0.05, 0.1) is 26.1 Å². The maximum Gasteiger partial charge on any atom is 0.407 e. The van der Waals surface area contributed by atoms with Crippen molar-refractivity contribution in [3.8, 4) is 0 Å². The minimum atomic E-state index is -2.20. The smallest absolute Gasteiger partial charge is 0.407 e. The van der Waals surface area contributed by atoms with E-state index >= 15 is 0 Å². The van der Waals surface area contributed by atoms with Gasteiger partial charge >= 0.3 is 12.1 Å². The highest BCUT2D eigenvalue weighted by Gasteiger charge is 2.59. The lowest BCUT2D eigenvalue weighted by Crippen LogP contribution is -2.62. The first-order valence-electron chi connectivity index (χ1n) is 15.5. The van der Waals surface area contributed by atoms with E-state index < -0.39 is 36.1 Å². The fourth-order valence-corrected chi connectivity index (χ4v) is 9.40. The summed E-state index contributed by atoms with van der Waals surface area (Å²) in [6.07, 6.45) is -1.06. The van der Waals surface area contributed by atoms with Crippen LogP contribution in [0.3, 0.4) is 0 Å². The Morgan fingerprint density at radius 1 is 0.959 bits per heavy atom. The molecule has 0 saturated carbocycles. The molecule has 0 radical (unpaired) electrons. The highest BCUT2D eigenvalue weighted by atomic mass is 32.2. The van der Waals surface area contributed by atoms with Crippen molar-refractivity contribution in [2.75, 3.05) is 6.54 Å². The second-order valence-corrected chi connectivity index (χ2v) is 20.9. The number of nitro groups is 2. The number of nitrogens with zero attached hydrogens (tertiary/aromatic N) is 3. The molecule has 2 aliphatic rings. The summed E-state index contributed by atoms with van der Waals surface area (Å²) in [6, 6.07) is 11.3. The molecule has 0 aliphatic carbocycles. The maximum absolute atomic E-state index is 13.6. The van der Waals surface area contributed by atoms with Crippen LogP contribution in [0.1, 0.15) is 45.7 Å². The lowest BCUT2D eigenvalue weighted by atomic mass is 9.92. The van der Waals surface area contributed by atoms with Crippen molar-refractivity contribution in [3.63, 3.8) is 0 Å². The van der Waals surface area contributed by atoms with Gasteiger partial charge in [0.15, 0.2) is 14.0 Å². The molecule has 0 aromatic heterocycles. The van der Waals surface area contributed by atoms with Gasteiger partial charge in [-0.2, -0.15) is 0 Å². The van der Waals surface area contributed by atoms with Crippen molar-refractivity contribution in [3.05, 3.63) is 89.8 Å². The van der Waals surface area contributed by atoms with Crippen LogP contribution in [0.5, 0.6) is 0 Å². The second kappa shape index (κ2) is 15.3. The van der Waals surface area contributed by atoms with Crippen LogP contribution in [0.2, 0.25) is 18.1 Å². The minimum absolute atomic E-state index is 0.0614. The van der Waals surface area contributed by atoms with E-state index in [1.807, 2.05) is 13.8 Å². The van der Waals surface area contributed by atoms with Gasteiger partial charge in [0.25, 0.3) is 11.4 Å². The highest BCUT2D eigenvalue weighted by Crippen LogP contribution is 2.55. The molecule has 1 saturated heterocycles. The SMILES string of the molecule is C[C@H](CNC(=O)OCc1ccc([N+](=O)[O-])cc1)SC1=C(C(=O)OCc2ccc([N+](=O)[O-])cc2)N2C(=O)[C@H]([C@@H](C)O[Si](C)(C)C(C)(C)C)[C@H]2S1. The molecule has 49 heavy (non-hydrogen) atoms. The van der Waals surface area contributed by atoms with Gasteiger partial charge in [-0.05, 0) is 60.4 Å². The Morgan fingerprint density at radius 3 is 1.96 bits per heavy atom. The summed E-state index contributed by atoms with van der Waals surface area (Å²) < 4.78 is 18.0. The zero-order chi connectivity index (χ0) is 36.3. The van der Waals surface area contributed by atoms with Crippen LogP contribution in [0.25, 0.3) is 0 Å². The van der Waals surface area contributed by atoms with Gasteiger partial charge in [-0.3, -0.25) is 29.9 Å². The summed E-state index contributed by atoms with van der Waals surface area (Å²) in [4.78, 5) is 61.8. The largest absolute Gasteiger partial charge is 0.456 e. The number of rotatable bonds is 14. The van der Waals surface area contributed by atoms with Gasteiger partial charge in [0.2, 0.25) is 5.91 Å². The number of nitro benzene ring substituents is 2. The van der Waals surface area contributed by atoms with Gasteiger partial charge in [-0.25, -0.2) is 9.59 Å². The Kier molecular flexibility index (Phi) is 11.8. The van der Waals surface area contributed by atoms with Gasteiger partial charge in [0.1, 0.15) is 18.6 Å². The Labute approximate surface area is 293 Å². The zero-order valence-electron chi connectivity index (χ0n) is 28.3. The quantitative estimate of drug-likeness (QED) is 0.0715. The average Bonchev–Trinajstić information content (AvgIpc) is 3.34. The molecular formula is C32H40N4O10S2Si. The normalized spacial score (nSPS) is 18.7. The average molecular weight is 733 g/mol. The van der Waals surface area contributed by atoms with E-state index in [-0.39, 0.29) is 64.5 Å². The summed E-state index contributed by atoms with van der Waals surface area (Å²) in [5.74, 6) is -1.41. The van der Waals surface area contributed by atoms with Crippen LogP contribution in [0.15, 0.2) is 58.5 Å². The second-order valence-electron chi connectivity index (χ2n) is 13.3. The number of fused-ring (bicyclic) bond motifs is 1. The molecule has 14 nitrogen and oxygen atoms in total. The molecule has 1 fully saturated rings. The van der Waals surface area contributed by atoms with Gasteiger partial charge < -0.3 is 19.2 Å². The first kappa shape index (κ1) is 37.9. The van der Waals surface area contributed by atoms with E-state index in [1.165, 1.54) is 77.0 Å². The van der Waals surface area contributed by atoms with Crippen LogP contribution in [0, 0.1) is 26.1 Å². The predicted octanol–water partition coefficient (Wildman–Crippen LogP) is 6.71. The van der Waals surface area contributed by atoms with Crippen LogP contribution in [-0.2, 0) is 36.7 Å². The maximum atomic E-state index is 13.6. The number of thioether (sulfide) groups is 2. The third-order valence-electron chi connectivity index (χ3n) is 8.61. The molecule has 4 rings (SSSR count). The first-order valence-corrected chi connectivity index (χ1v) is 20.2. The number of hydrogen-bond acceptors (Lipinski definition) is 12. The Balaban J connectivity index is 1.43. The summed E-state index contributed by atoms with van der Waals surface area (Å²) in [7, 11) is -2.20. The molecule has 264 valence electrons. The summed E-state index contributed by atoms with van der Waals surface area (Å²) in [5, 5.41) is 23.9. The Bertz CT molecular complexity index is 1630. The summed E-state index contributed by atoms with van der Waals surface area (Å²) in [6.45, 7) is 14.3. The molecule has 0 unspecified atom stereocenters. The Morgan fingerprint density at radius 2 is 1.47 bits per heavy atom. The molecule has 0 spiro atoms. The van der Waals surface area contributed by atoms with Crippen molar-refractivity contribution in [2.45, 2.75) is 82.7 Å². The van der Waals surface area contributed by atoms with Crippen molar-refractivity contribution < 1.29 is 38.1 Å². The fraction of sp³-hybridized carbons (Fsp3) is 0.469. The number of esters is 1. The Hall–Kier alpha value is -3.93. The number of benzene rings is 2. The molecule has 1 N–H and O–H groups in total. The number of β-lactam (4-membered cyclic amide) rings is 1. The van der Waals surface area contributed by atoms with Gasteiger partial charge in [-0.15, -0.1) is 11.8 Å². The number of carbonyl (C=O) groups excluding carboxylic acids is 3. The third-order valence-corrected chi connectivity index (χ3v) is 15.9. The van der Waals surface area contributed by atoms with Crippen molar-refractivity contribution in [2.24, 2.45) is 5.92 Å². The molecule has 2 heterocycles. The molecule has 2 aliphatic heterocycles. The fourth-order valence-electron chi connectivity index (χ4n) is 4.82. The van der Waals surface area contributed by atoms with E-state index in [1.54, 1.807) is 0 Å². The molecule has 0 bridgehead atoms. The minimum Gasteiger partial charge on any atom is -0.456 e. The molecule has 2 aromatic carbocycles.